The number of thioether (sulfide) groups is 1. The van der Waals surface area contributed by atoms with E-state index in [1.165, 1.54) is 48.3 Å². The van der Waals surface area contributed by atoms with E-state index >= 15 is 0 Å². The standard InChI is InChI=1S/C17H14F3N3O3S/c1-26-14-8-21-7-6-11(14)9-22-10-15(24)23(16(22)25)12-2-4-13(5-3-12)27-17(18,19)20/h2-8,10,24H,9H2,1H3. The monoisotopic (exact) mass is 397 g/mol. The number of halogens is 3. The van der Waals surface area contributed by atoms with Gasteiger partial charge in [0, 0.05) is 16.7 Å². The van der Waals surface area contributed by atoms with Crippen molar-refractivity contribution in [2.75, 3.05) is 7.11 Å². The van der Waals surface area contributed by atoms with Gasteiger partial charge in [-0.3, -0.25) is 9.55 Å². The summed E-state index contributed by atoms with van der Waals surface area (Å²) >= 11 is -0.251. The van der Waals surface area contributed by atoms with Gasteiger partial charge in [0.2, 0.25) is 5.88 Å². The molecular formula is C17H14F3N3O3S. The van der Waals surface area contributed by atoms with Crippen LogP contribution >= 0.6 is 11.8 Å². The molecule has 1 aromatic carbocycles. The number of aromatic hydroxyl groups is 1. The van der Waals surface area contributed by atoms with E-state index in [1.807, 2.05) is 0 Å². The third-order valence-electron chi connectivity index (χ3n) is 3.70. The Balaban J connectivity index is 1.91. The Kier molecular flexibility index (Phi) is 5.17. The quantitative estimate of drug-likeness (QED) is 0.669. The number of imidazole rings is 1. The highest BCUT2D eigenvalue weighted by atomic mass is 32.2. The maximum atomic E-state index is 12.6. The summed E-state index contributed by atoms with van der Waals surface area (Å²) in [6.07, 6.45) is 4.31. The van der Waals surface area contributed by atoms with Crippen LogP contribution in [0, 0.1) is 0 Å². The molecule has 0 unspecified atom stereocenters. The largest absolute Gasteiger partial charge is 0.495 e. The molecule has 3 rings (SSSR count). The summed E-state index contributed by atoms with van der Waals surface area (Å²) in [5.41, 5.74) is -4.00. The van der Waals surface area contributed by atoms with Gasteiger partial charge in [0.1, 0.15) is 5.75 Å². The first-order valence-corrected chi connectivity index (χ1v) is 8.44. The average Bonchev–Trinajstić information content (AvgIpc) is 2.88. The Morgan fingerprint density at radius 1 is 1.22 bits per heavy atom. The number of benzene rings is 1. The molecule has 0 radical (unpaired) electrons. The van der Waals surface area contributed by atoms with Gasteiger partial charge in [0.15, 0.2) is 0 Å². The third-order valence-corrected chi connectivity index (χ3v) is 4.44. The van der Waals surface area contributed by atoms with Crippen molar-refractivity contribution < 1.29 is 23.0 Å². The molecule has 0 aliphatic heterocycles. The fourth-order valence-electron chi connectivity index (χ4n) is 2.54. The zero-order valence-electron chi connectivity index (χ0n) is 14.0. The van der Waals surface area contributed by atoms with E-state index in [0.717, 1.165) is 4.57 Å². The summed E-state index contributed by atoms with van der Waals surface area (Å²) in [6, 6.07) is 6.84. The molecule has 10 heteroatoms. The first-order chi connectivity index (χ1) is 12.8. The van der Waals surface area contributed by atoms with E-state index < -0.39 is 11.2 Å². The van der Waals surface area contributed by atoms with Crippen LogP contribution in [0.3, 0.4) is 0 Å². The molecule has 0 atom stereocenters. The topological polar surface area (TPSA) is 69.3 Å². The zero-order chi connectivity index (χ0) is 19.6. The second kappa shape index (κ2) is 7.39. The first kappa shape index (κ1) is 18.9. The van der Waals surface area contributed by atoms with E-state index in [1.54, 1.807) is 12.3 Å². The van der Waals surface area contributed by atoms with E-state index in [2.05, 4.69) is 4.98 Å². The summed E-state index contributed by atoms with van der Waals surface area (Å²) in [5.74, 6) is 0.161. The summed E-state index contributed by atoms with van der Waals surface area (Å²) < 4.78 is 44.7. The molecule has 142 valence electrons. The van der Waals surface area contributed by atoms with E-state index in [-0.39, 0.29) is 34.8 Å². The van der Waals surface area contributed by atoms with Gasteiger partial charge in [-0.2, -0.15) is 13.2 Å². The first-order valence-electron chi connectivity index (χ1n) is 7.62. The summed E-state index contributed by atoms with van der Waals surface area (Å²) in [7, 11) is 1.48. The fourth-order valence-corrected chi connectivity index (χ4v) is 3.08. The molecule has 2 aromatic heterocycles. The van der Waals surface area contributed by atoms with Gasteiger partial charge in [-0.1, -0.05) is 0 Å². The molecule has 0 spiro atoms. The van der Waals surface area contributed by atoms with Crippen molar-refractivity contribution in [2.45, 2.75) is 16.9 Å². The molecule has 2 heterocycles. The molecule has 6 nitrogen and oxygen atoms in total. The lowest BCUT2D eigenvalue weighted by atomic mass is 10.2. The average molecular weight is 397 g/mol. The lowest BCUT2D eigenvalue weighted by Crippen LogP contribution is -2.23. The molecule has 0 bridgehead atoms. The summed E-state index contributed by atoms with van der Waals surface area (Å²) in [4.78, 5) is 16.6. The Bertz CT molecular complexity index is 997. The second-order valence-electron chi connectivity index (χ2n) is 5.46. The number of alkyl halides is 3. The fraction of sp³-hybridized carbons (Fsp3) is 0.176. The maximum Gasteiger partial charge on any atom is 0.446 e. The number of methoxy groups -OCH3 is 1. The van der Waals surface area contributed by atoms with Gasteiger partial charge in [0.25, 0.3) is 0 Å². The van der Waals surface area contributed by atoms with Crippen LogP contribution in [0.4, 0.5) is 13.2 Å². The van der Waals surface area contributed by atoms with Crippen LogP contribution in [-0.2, 0) is 6.54 Å². The van der Waals surface area contributed by atoms with Gasteiger partial charge in [-0.15, -0.1) is 0 Å². The number of nitrogens with zero attached hydrogens (tertiary/aromatic N) is 3. The van der Waals surface area contributed by atoms with E-state index in [9.17, 15) is 23.1 Å². The van der Waals surface area contributed by atoms with Gasteiger partial charge in [0.05, 0.1) is 31.7 Å². The minimum absolute atomic E-state index is 0.0141. The highest BCUT2D eigenvalue weighted by Crippen LogP contribution is 2.37. The van der Waals surface area contributed by atoms with Crippen molar-refractivity contribution in [3.8, 4) is 17.3 Å². The number of pyridine rings is 1. The lowest BCUT2D eigenvalue weighted by Gasteiger charge is -2.08. The normalized spacial score (nSPS) is 11.6. The van der Waals surface area contributed by atoms with Crippen molar-refractivity contribution in [1.29, 1.82) is 0 Å². The maximum absolute atomic E-state index is 12.6. The van der Waals surface area contributed by atoms with Crippen molar-refractivity contribution >= 4 is 11.8 Å². The number of hydrogen-bond acceptors (Lipinski definition) is 5. The van der Waals surface area contributed by atoms with Gasteiger partial charge in [-0.25, -0.2) is 9.36 Å². The predicted octanol–water partition coefficient (Wildman–Crippen LogP) is 3.41. The minimum Gasteiger partial charge on any atom is -0.495 e. The van der Waals surface area contributed by atoms with Crippen LogP contribution in [0.15, 0.2) is 58.6 Å². The molecule has 0 amide bonds. The van der Waals surface area contributed by atoms with Crippen molar-refractivity contribution in [3.63, 3.8) is 0 Å². The Hall–Kier alpha value is -2.88. The van der Waals surface area contributed by atoms with Crippen molar-refractivity contribution in [3.05, 3.63) is 65.0 Å². The molecule has 0 saturated heterocycles. The highest BCUT2D eigenvalue weighted by molar-refractivity contribution is 8.00. The Morgan fingerprint density at radius 2 is 1.93 bits per heavy atom. The molecule has 0 fully saturated rings. The van der Waals surface area contributed by atoms with Crippen LogP contribution in [0.5, 0.6) is 11.6 Å². The number of aromatic nitrogens is 3. The number of ether oxygens (including phenoxy) is 1. The minimum atomic E-state index is -4.40. The molecule has 27 heavy (non-hydrogen) atoms. The van der Waals surface area contributed by atoms with Crippen molar-refractivity contribution in [2.24, 2.45) is 0 Å². The van der Waals surface area contributed by atoms with Crippen molar-refractivity contribution in [1.82, 2.24) is 14.1 Å². The molecule has 3 aromatic rings. The van der Waals surface area contributed by atoms with Crippen LogP contribution in [-0.4, -0.2) is 31.8 Å². The summed E-state index contributed by atoms with van der Waals surface area (Å²) in [5, 5.41) is 10.1. The molecule has 0 aliphatic carbocycles. The molecule has 1 N–H and O–H groups in total. The molecule has 0 saturated carbocycles. The van der Waals surface area contributed by atoms with Crippen LogP contribution in [0.25, 0.3) is 5.69 Å². The van der Waals surface area contributed by atoms with Gasteiger partial charge >= 0.3 is 11.2 Å². The Morgan fingerprint density at radius 3 is 2.56 bits per heavy atom. The lowest BCUT2D eigenvalue weighted by molar-refractivity contribution is -0.0328. The van der Waals surface area contributed by atoms with E-state index in [4.69, 9.17) is 4.74 Å². The van der Waals surface area contributed by atoms with Crippen LogP contribution < -0.4 is 10.4 Å². The predicted molar refractivity (Wildman–Crippen MR) is 93.5 cm³/mol. The summed E-state index contributed by atoms with van der Waals surface area (Å²) in [6.45, 7) is 0.132. The van der Waals surface area contributed by atoms with Gasteiger partial charge in [-0.05, 0) is 42.1 Å². The van der Waals surface area contributed by atoms with E-state index in [0.29, 0.717) is 11.3 Å². The number of hydrogen-bond donors (Lipinski definition) is 1. The highest BCUT2D eigenvalue weighted by Gasteiger charge is 2.29. The van der Waals surface area contributed by atoms with Crippen LogP contribution in [0.2, 0.25) is 0 Å². The third kappa shape index (κ3) is 4.27. The molecule has 0 aliphatic rings. The number of rotatable bonds is 5. The second-order valence-corrected chi connectivity index (χ2v) is 6.60. The SMILES string of the molecule is COc1cnccc1Cn1cc(O)n(-c2ccc(SC(F)(F)F)cc2)c1=O. The van der Waals surface area contributed by atoms with Crippen LogP contribution in [0.1, 0.15) is 5.56 Å². The van der Waals surface area contributed by atoms with Gasteiger partial charge < -0.3 is 9.84 Å². The smallest absolute Gasteiger partial charge is 0.446 e. The molecular weight excluding hydrogens is 383 g/mol. The Labute approximate surface area is 155 Å². The zero-order valence-corrected chi connectivity index (χ0v) is 14.8.